The van der Waals surface area contributed by atoms with Gasteiger partial charge in [-0.2, -0.15) is 0 Å². The molecule has 2 aromatic rings. The van der Waals surface area contributed by atoms with Gasteiger partial charge in [0.25, 0.3) is 5.69 Å². The number of nitro groups is 1. The summed E-state index contributed by atoms with van der Waals surface area (Å²) in [6.07, 6.45) is 0.461. The average Bonchev–Trinajstić information content (AvgIpc) is 2.38. The second-order valence-electron chi connectivity index (χ2n) is 5.00. The van der Waals surface area contributed by atoms with Gasteiger partial charge in [0, 0.05) is 17.7 Å². The molecule has 0 bridgehead atoms. The fourth-order valence-electron chi connectivity index (χ4n) is 2.61. The molecule has 104 valence electrons. The molecular weight excluding hydrogens is 252 g/mol. The standard InChI is InChI=1S/C16H18N2O2/c1-11-6-5-7-12(2)16(11)14(17)10-13-8-3-4-9-15(13)18(19)20/h3-9,14H,10,17H2,1-2H3. The van der Waals surface area contributed by atoms with E-state index in [1.165, 1.54) is 6.07 Å². The Morgan fingerprint density at radius 3 is 2.30 bits per heavy atom. The normalized spacial score (nSPS) is 12.2. The molecule has 1 unspecified atom stereocenters. The van der Waals surface area contributed by atoms with Gasteiger partial charge in [0.2, 0.25) is 0 Å². The second kappa shape index (κ2) is 5.84. The van der Waals surface area contributed by atoms with Crippen molar-refractivity contribution in [3.63, 3.8) is 0 Å². The van der Waals surface area contributed by atoms with Crippen molar-refractivity contribution in [1.82, 2.24) is 0 Å². The highest BCUT2D eigenvalue weighted by Crippen LogP contribution is 2.27. The van der Waals surface area contributed by atoms with Crippen LogP contribution >= 0.6 is 0 Å². The van der Waals surface area contributed by atoms with E-state index >= 15 is 0 Å². The number of nitrogens with zero attached hydrogens (tertiary/aromatic N) is 1. The predicted octanol–water partition coefficient (Wildman–Crippen LogP) is 3.45. The number of hydrogen-bond donors (Lipinski definition) is 1. The van der Waals surface area contributed by atoms with Crippen molar-refractivity contribution in [3.8, 4) is 0 Å². The lowest BCUT2D eigenvalue weighted by Gasteiger charge is -2.17. The highest BCUT2D eigenvalue weighted by Gasteiger charge is 2.18. The summed E-state index contributed by atoms with van der Waals surface area (Å²) in [5.74, 6) is 0. The van der Waals surface area contributed by atoms with Crippen LogP contribution < -0.4 is 5.73 Å². The van der Waals surface area contributed by atoms with Crippen molar-refractivity contribution in [2.75, 3.05) is 0 Å². The molecule has 2 N–H and O–H groups in total. The second-order valence-corrected chi connectivity index (χ2v) is 5.00. The number of rotatable bonds is 4. The number of para-hydroxylation sites is 1. The molecule has 0 amide bonds. The van der Waals surface area contributed by atoms with Crippen molar-refractivity contribution in [1.29, 1.82) is 0 Å². The minimum Gasteiger partial charge on any atom is -0.324 e. The molecule has 0 radical (unpaired) electrons. The quantitative estimate of drug-likeness (QED) is 0.683. The van der Waals surface area contributed by atoms with E-state index in [-0.39, 0.29) is 16.7 Å². The van der Waals surface area contributed by atoms with Gasteiger partial charge in [-0.05, 0) is 37.0 Å². The Balaban J connectivity index is 2.33. The fourth-order valence-corrected chi connectivity index (χ4v) is 2.61. The van der Waals surface area contributed by atoms with E-state index in [9.17, 15) is 10.1 Å². The number of nitro benzene ring substituents is 1. The first-order valence-corrected chi connectivity index (χ1v) is 6.54. The monoisotopic (exact) mass is 270 g/mol. The third-order valence-electron chi connectivity index (χ3n) is 3.54. The fraction of sp³-hybridized carbons (Fsp3) is 0.250. The van der Waals surface area contributed by atoms with Crippen LogP contribution in [0.25, 0.3) is 0 Å². The van der Waals surface area contributed by atoms with Crippen molar-refractivity contribution in [3.05, 3.63) is 74.8 Å². The zero-order chi connectivity index (χ0) is 14.7. The van der Waals surface area contributed by atoms with Crippen molar-refractivity contribution >= 4 is 5.69 Å². The maximum atomic E-state index is 11.0. The summed E-state index contributed by atoms with van der Waals surface area (Å²) in [5, 5.41) is 11.0. The molecule has 4 heteroatoms. The molecule has 0 saturated heterocycles. The first kappa shape index (κ1) is 14.2. The van der Waals surface area contributed by atoms with Gasteiger partial charge in [-0.1, -0.05) is 36.4 Å². The van der Waals surface area contributed by atoms with Crippen molar-refractivity contribution in [2.24, 2.45) is 5.73 Å². The minimum absolute atomic E-state index is 0.134. The van der Waals surface area contributed by atoms with Crippen LogP contribution in [0.4, 0.5) is 5.69 Å². The van der Waals surface area contributed by atoms with Gasteiger partial charge in [0.15, 0.2) is 0 Å². The summed E-state index contributed by atoms with van der Waals surface area (Å²) < 4.78 is 0. The lowest BCUT2D eigenvalue weighted by molar-refractivity contribution is -0.385. The lowest BCUT2D eigenvalue weighted by atomic mass is 9.92. The topological polar surface area (TPSA) is 69.2 Å². The number of benzene rings is 2. The molecular formula is C16H18N2O2. The summed E-state index contributed by atoms with van der Waals surface area (Å²) in [6.45, 7) is 4.03. The average molecular weight is 270 g/mol. The van der Waals surface area contributed by atoms with Crippen molar-refractivity contribution < 1.29 is 4.92 Å². The minimum atomic E-state index is -0.354. The van der Waals surface area contributed by atoms with Crippen LogP contribution in [0.2, 0.25) is 0 Å². The van der Waals surface area contributed by atoms with E-state index in [0.29, 0.717) is 12.0 Å². The maximum absolute atomic E-state index is 11.0. The van der Waals surface area contributed by atoms with Gasteiger partial charge in [0.1, 0.15) is 0 Å². The summed E-state index contributed by atoms with van der Waals surface area (Å²) in [4.78, 5) is 10.7. The molecule has 0 aromatic heterocycles. The summed E-state index contributed by atoms with van der Waals surface area (Å²) in [6, 6.07) is 12.6. The van der Waals surface area contributed by atoms with Gasteiger partial charge in [-0.3, -0.25) is 10.1 Å². The Kier molecular flexibility index (Phi) is 4.15. The van der Waals surface area contributed by atoms with E-state index in [4.69, 9.17) is 5.73 Å². The van der Waals surface area contributed by atoms with E-state index in [2.05, 4.69) is 0 Å². The number of nitrogens with two attached hydrogens (primary N) is 1. The van der Waals surface area contributed by atoms with Gasteiger partial charge in [-0.15, -0.1) is 0 Å². The Hall–Kier alpha value is -2.20. The first-order valence-electron chi connectivity index (χ1n) is 6.54. The smallest absolute Gasteiger partial charge is 0.272 e. The molecule has 0 spiro atoms. The number of aryl methyl sites for hydroxylation is 2. The molecule has 0 aliphatic rings. The Bertz CT molecular complexity index is 618. The molecule has 0 aliphatic carbocycles. The van der Waals surface area contributed by atoms with E-state index in [0.717, 1.165) is 16.7 Å². The molecule has 0 aliphatic heterocycles. The number of hydrogen-bond acceptors (Lipinski definition) is 3. The maximum Gasteiger partial charge on any atom is 0.272 e. The third kappa shape index (κ3) is 2.86. The van der Waals surface area contributed by atoms with Crippen molar-refractivity contribution in [2.45, 2.75) is 26.3 Å². The Morgan fingerprint density at radius 1 is 1.10 bits per heavy atom. The van der Waals surface area contributed by atoms with Crippen LogP contribution in [-0.4, -0.2) is 4.92 Å². The van der Waals surface area contributed by atoms with Crippen LogP contribution in [0.1, 0.15) is 28.3 Å². The van der Waals surface area contributed by atoms with Gasteiger partial charge < -0.3 is 5.73 Å². The molecule has 0 heterocycles. The lowest BCUT2D eigenvalue weighted by Crippen LogP contribution is -2.16. The molecule has 2 rings (SSSR count). The zero-order valence-corrected chi connectivity index (χ0v) is 11.7. The molecule has 1 atom stereocenters. The molecule has 0 fully saturated rings. The van der Waals surface area contributed by atoms with Crippen LogP contribution in [0.5, 0.6) is 0 Å². The Labute approximate surface area is 118 Å². The SMILES string of the molecule is Cc1cccc(C)c1C(N)Cc1ccccc1[N+](=O)[O-]. The van der Waals surface area contributed by atoms with Crippen LogP contribution in [0.15, 0.2) is 42.5 Å². The van der Waals surface area contributed by atoms with Gasteiger partial charge >= 0.3 is 0 Å². The third-order valence-corrected chi connectivity index (χ3v) is 3.54. The van der Waals surface area contributed by atoms with Crippen LogP contribution in [-0.2, 0) is 6.42 Å². The van der Waals surface area contributed by atoms with Crippen LogP contribution in [0.3, 0.4) is 0 Å². The molecule has 20 heavy (non-hydrogen) atoms. The first-order chi connectivity index (χ1) is 9.50. The predicted molar refractivity (Wildman–Crippen MR) is 79.6 cm³/mol. The van der Waals surface area contributed by atoms with Gasteiger partial charge in [0.05, 0.1) is 4.92 Å². The summed E-state index contributed by atoms with van der Waals surface area (Å²) in [5.41, 5.74) is 10.4. The molecule has 0 saturated carbocycles. The molecule has 2 aromatic carbocycles. The Morgan fingerprint density at radius 2 is 1.70 bits per heavy atom. The molecule has 4 nitrogen and oxygen atoms in total. The van der Waals surface area contributed by atoms with Crippen LogP contribution in [0, 0.1) is 24.0 Å². The van der Waals surface area contributed by atoms with E-state index < -0.39 is 0 Å². The summed E-state index contributed by atoms with van der Waals surface area (Å²) >= 11 is 0. The highest BCUT2D eigenvalue weighted by molar-refractivity contribution is 5.43. The van der Waals surface area contributed by atoms with E-state index in [1.807, 2.05) is 32.0 Å². The zero-order valence-electron chi connectivity index (χ0n) is 11.7. The largest absolute Gasteiger partial charge is 0.324 e. The van der Waals surface area contributed by atoms with E-state index in [1.54, 1.807) is 18.2 Å². The van der Waals surface area contributed by atoms with Gasteiger partial charge in [-0.25, -0.2) is 0 Å². The summed E-state index contributed by atoms with van der Waals surface area (Å²) in [7, 11) is 0. The highest BCUT2D eigenvalue weighted by atomic mass is 16.6.